The minimum atomic E-state index is -0.249. The van der Waals surface area contributed by atoms with Crippen LogP contribution in [0.2, 0.25) is 0 Å². The van der Waals surface area contributed by atoms with Gasteiger partial charge in [0.05, 0.1) is 0 Å². The molecule has 0 aliphatic carbocycles. The van der Waals surface area contributed by atoms with Crippen LogP contribution in [-0.2, 0) is 6.54 Å². The van der Waals surface area contributed by atoms with Gasteiger partial charge in [0.2, 0.25) is 0 Å². The number of hydrogen-bond acceptors (Lipinski definition) is 2. The monoisotopic (exact) mass is 259 g/mol. The highest BCUT2D eigenvalue weighted by molar-refractivity contribution is 5.40. The second-order valence-electron chi connectivity index (χ2n) is 4.64. The van der Waals surface area contributed by atoms with Gasteiger partial charge in [0.1, 0.15) is 17.3 Å². The molecule has 0 atom stereocenters. The highest BCUT2D eigenvalue weighted by Crippen LogP contribution is 2.27. The molecule has 1 N–H and O–H groups in total. The number of benzene rings is 2. The highest BCUT2D eigenvalue weighted by atomic mass is 19.1. The maximum absolute atomic E-state index is 13.5. The van der Waals surface area contributed by atoms with Crippen molar-refractivity contribution in [2.75, 3.05) is 7.05 Å². The first-order chi connectivity index (χ1) is 9.10. The quantitative estimate of drug-likeness (QED) is 0.897. The summed E-state index contributed by atoms with van der Waals surface area (Å²) in [6.45, 7) is 4.49. The molecule has 2 nitrogen and oxygen atoms in total. The zero-order chi connectivity index (χ0) is 13.8. The van der Waals surface area contributed by atoms with Crippen molar-refractivity contribution in [2.24, 2.45) is 0 Å². The van der Waals surface area contributed by atoms with Crippen LogP contribution in [0.25, 0.3) is 0 Å². The molecule has 0 saturated heterocycles. The van der Waals surface area contributed by atoms with Gasteiger partial charge in [-0.1, -0.05) is 18.2 Å². The van der Waals surface area contributed by atoms with Crippen LogP contribution in [0.4, 0.5) is 4.39 Å². The van der Waals surface area contributed by atoms with E-state index in [0.29, 0.717) is 11.3 Å². The number of hydrogen-bond donors (Lipinski definition) is 1. The first-order valence-electron chi connectivity index (χ1n) is 6.28. The highest BCUT2D eigenvalue weighted by Gasteiger charge is 2.05. The Balaban J connectivity index is 2.26. The van der Waals surface area contributed by atoms with Gasteiger partial charge < -0.3 is 10.1 Å². The van der Waals surface area contributed by atoms with Gasteiger partial charge in [-0.2, -0.15) is 0 Å². The Labute approximate surface area is 113 Å². The lowest BCUT2D eigenvalue weighted by molar-refractivity contribution is 0.471. The molecule has 0 bridgehead atoms. The molecule has 0 aromatic heterocycles. The average molecular weight is 259 g/mol. The van der Waals surface area contributed by atoms with E-state index in [1.807, 2.05) is 26.1 Å². The van der Waals surface area contributed by atoms with E-state index < -0.39 is 0 Å². The first kappa shape index (κ1) is 13.6. The molecule has 19 heavy (non-hydrogen) atoms. The number of nitrogens with one attached hydrogen (secondary N) is 1. The van der Waals surface area contributed by atoms with Crippen molar-refractivity contribution in [3.8, 4) is 11.5 Å². The normalized spacial score (nSPS) is 10.5. The third kappa shape index (κ3) is 3.32. The molecule has 0 spiro atoms. The molecule has 100 valence electrons. The molecule has 2 aromatic carbocycles. The predicted octanol–water partition coefficient (Wildman–Crippen LogP) is 3.95. The Morgan fingerprint density at radius 3 is 2.47 bits per heavy atom. The molecule has 0 fully saturated rings. The van der Waals surface area contributed by atoms with Gasteiger partial charge in [-0.3, -0.25) is 0 Å². The van der Waals surface area contributed by atoms with Crippen LogP contribution in [0.15, 0.2) is 36.4 Å². The topological polar surface area (TPSA) is 21.3 Å². The molecular weight excluding hydrogens is 241 g/mol. The summed E-state index contributed by atoms with van der Waals surface area (Å²) >= 11 is 0. The second kappa shape index (κ2) is 5.85. The maximum Gasteiger partial charge on any atom is 0.130 e. The van der Waals surface area contributed by atoms with Crippen LogP contribution in [0.3, 0.4) is 0 Å². The van der Waals surface area contributed by atoms with Gasteiger partial charge in [-0.05, 0) is 49.7 Å². The van der Waals surface area contributed by atoms with Crippen LogP contribution in [0.5, 0.6) is 11.5 Å². The lowest BCUT2D eigenvalue weighted by atomic mass is 10.1. The fraction of sp³-hybridized carbons (Fsp3) is 0.250. The van der Waals surface area contributed by atoms with Crippen molar-refractivity contribution in [3.63, 3.8) is 0 Å². The fourth-order valence-electron chi connectivity index (χ4n) is 1.83. The number of aryl methyl sites for hydroxylation is 2. The smallest absolute Gasteiger partial charge is 0.130 e. The molecule has 0 heterocycles. The summed E-state index contributed by atoms with van der Waals surface area (Å²) in [4.78, 5) is 0. The van der Waals surface area contributed by atoms with E-state index in [2.05, 4.69) is 11.4 Å². The molecule has 0 saturated carbocycles. The van der Waals surface area contributed by atoms with Crippen LogP contribution >= 0.6 is 0 Å². The molecule has 2 rings (SSSR count). The standard InChI is InChI=1S/C16H18FNO/c1-11-5-7-14(9-15(11)17)19-16-8-13(10-18-3)6-4-12(16)2/h4-9,18H,10H2,1-3H3. The summed E-state index contributed by atoms with van der Waals surface area (Å²) in [5, 5.41) is 3.10. The molecule has 2 aromatic rings. The van der Waals surface area contributed by atoms with Gasteiger partial charge in [0, 0.05) is 12.6 Å². The van der Waals surface area contributed by atoms with Crippen molar-refractivity contribution < 1.29 is 9.13 Å². The van der Waals surface area contributed by atoms with Gasteiger partial charge in [-0.25, -0.2) is 4.39 Å². The Morgan fingerprint density at radius 2 is 1.79 bits per heavy atom. The van der Waals surface area contributed by atoms with Crippen LogP contribution in [-0.4, -0.2) is 7.05 Å². The summed E-state index contributed by atoms with van der Waals surface area (Å²) in [6, 6.07) is 10.9. The summed E-state index contributed by atoms with van der Waals surface area (Å²) in [5.74, 6) is 1.03. The summed E-state index contributed by atoms with van der Waals surface area (Å²) in [7, 11) is 1.90. The lowest BCUT2D eigenvalue weighted by Crippen LogP contribution is -2.05. The van der Waals surface area contributed by atoms with E-state index in [9.17, 15) is 4.39 Å². The number of rotatable bonds is 4. The third-order valence-electron chi connectivity index (χ3n) is 3.00. The second-order valence-corrected chi connectivity index (χ2v) is 4.64. The molecule has 0 aliphatic heterocycles. The molecule has 0 aliphatic rings. The van der Waals surface area contributed by atoms with Crippen molar-refractivity contribution >= 4 is 0 Å². The van der Waals surface area contributed by atoms with Gasteiger partial charge in [0.25, 0.3) is 0 Å². The third-order valence-corrected chi connectivity index (χ3v) is 3.00. The largest absolute Gasteiger partial charge is 0.457 e. The maximum atomic E-state index is 13.5. The SMILES string of the molecule is CNCc1ccc(C)c(Oc2ccc(C)c(F)c2)c1. The molecule has 3 heteroatoms. The summed E-state index contributed by atoms with van der Waals surface area (Å²) in [5.41, 5.74) is 2.78. The minimum Gasteiger partial charge on any atom is -0.457 e. The van der Waals surface area contributed by atoms with Crippen molar-refractivity contribution in [2.45, 2.75) is 20.4 Å². The van der Waals surface area contributed by atoms with E-state index in [4.69, 9.17) is 4.74 Å². The molecular formula is C16H18FNO. The predicted molar refractivity (Wildman–Crippen MR) is 75.2 cm³/mol. The van der Waals surface area contributed by atoms with E-state index in [-0.39, 0.29) is 5.82 Å². The summed E-state index contributed by atoms with van der Waals surface area (Å²) < 4.78 is 19.3. The van der Waals surface area contributed by atoms with E-state index in [1.165, 1.54) is 6.07 Å². The van der Waals surface area contributed by atoms with Gasteiger partial charge in [-0.15, -0.1) is 0 Å². The van der Waals surface area contributed by atoms with Crippen LogP contribution in [0, 0.1) is 19.7 Å². The zero-order valence-corrected chi connectivity index (χ0v) is 11.5. The number of ether oxygens (including phenoxy) is 1. The van der Waals surface area contributed by atoms with Crippen molar-refractivity contribution in [3.05, 3.63) is 58.9 Å². The van der Waals surface area contributed by atoms with Crippen LogP contribution < -0.4 is 10.1 Å². The Morgan fingerprint density at radius 1 is 1.05 bits per heavy atom. The summed E-state index contributed by atoms with van der Waals surface area (Å²) in [6.07, 6.45) is 0. The van der Waals surface area contributed by atoms with Gasteiger partial charge >= 0.3 is 0 Å². The fourth-order valence-corrected chi connectivity index (χ4v) is 1.83. The van der Waals surface area contributed by atoms with E-state index in [0.717, 1.165) is 23.4 Å². The number of halogens is 1. The lowest BCUT2D eigenvalue weighted by Gasteiger charge is -2.11. The zero-order valence-electron chi connectivity index (χ0n) is 11.5. The molecule has 0 amide bonds. The average Bonchev–Trinajstić information content (AvgIpc) is 2.38. The minimum absolute atomic E-state index is 0.249. The van der Waals surface area contributed by atoms with E-state index in [1.54, 1.807) is 19.1 Å². The van der Waals surface area contributed by atoms with Gasteiger partial charge in [0.15, 0.2) is 0 Å². The molecule has 0 radical (unpaired) electrons. The molecule has 0 unspecified atom stereocenters. The van der Waals surface area contributed by atoms with Crippen molar-refractivity contribution in [1.82, 2.24) is 5.32 Å². The van der Waals surface area contributed by atoms with Crippen LogP contribution in [0.1, 0.15) is 16.7 Å². The first-order valence-corrected chi connectivity index (χ1v) is 6.28. The van der Waals surface area contributed by atoms with Crippen molar-refractivity contribution in [1.29, 1.82) is 0 Å². The van der Waals surface area contributed by atoms with E-state index >= 15 is 0 Å². The Kier molecular flexibility index (Phi) is 4.17. The Bertz CT molecular complexity index is 581. The Hall–Kier alpha value is -1.87.